The summed E-state index contributed by atoms with van der Waals surface area (Å²) in [6.45, 7) is 1.63. The third-order valence-electron chi connectivity index (χ3n) is 4.45. The fourth-order valence-electron chi connectivity index (χ4n) is 3.61. The normalized spacial score (nSPS) is 26.1. The fourth-order valence-corrected chi connectivity index (χ4v) is 3.61. The van der Waals surface area contributed by atoms with E-state index in [0.717, 1.165) is 30.6 Å². The molecule has 5 heteroatoms. The number of benzene rings is 1. The van der Waals surface area contributed by atoms with Crippen LogP contribution in [0.1, 0.15) is 18.4 Å². The number of likely N-dealkylation sites (N-methyl/N-ethyl adjacent to an activating group) is 1. The minimum absolute atomic E-state index is 0.132. The van der Waals surface area contributed by atoms with E-state index in [0.29, 0.717) is 6.54 Å². The molecule has 5 nitrogen and oxygen atoms in total. The zero-order chi connectivity index (χ0) is 14.3. The van der Waals surface area contributed by atoms with E-state index in [1.54, 1.807) is 4.90 Å². The molecule has 1 saturated heterocycles. The van der Waals surface area contributed by atoms with Crippen molar-refractivity contribution in [2.45, 2.75) is 18.3 Å². The fraction of sp³-hybridized carbons (Fsp3) is 0.467. The van der Waals surface area contributed by atoms with Crippen molar-refractivity contribution >= 4 is 17.5 Å². The number of piperidine rings is 1. The van der Waals surface area contributed by atoms with E-state index in [1.165, 1.54) is 0 Å². The standard InChI is InChI=1S/C15H19N3O2/c1-17-12-6-3-2-5-11(12)15(14(17)20)7-4-8-18(10-15)9-13(16)19/h2-3,5-6H,4,7-10H2,1H3,(H2,16,19)/t15-/m0/s1. The summed E-state index contributed by atoms with van der Waals surface area (Å²) in [6.07, 6.45) is 1.74. The summed E-state index contributed by atoms with van der Waals surface area (Å²) in [5.41, 5.74) is 6.86. The summed E-state index contributed by atoms with van der Waals surface area (Å²) < 4.78 is 0. The highest BCUT2D eigenvalue weighted by atomic mass is 16.2. The van der Waals surface area contributed by atoms with Crippen molar-refractivity contribution in [1.29, 1.82) is 0 Å². The van der Waals surface area contributed by atoms with Crippen LogP contribution < -0.4 is 10.6 Å². The lowest BCUT2D eigenvalue weighted by Crippen LogP contribution is -2.53. The average Bonchev–Trinajstić information content (AvgIpc) is 2.62. The number of nitrogens with two attached hydrogens (primary N) is 1. The van der Waals surface area contributed by atoms with Crippen molar-refractivity contribution in [1.82, 2.24) is 4.90 Å². The second-order valence-corrected chi connectivity index (χ2v) is 5.74. The van der Waals surface area contributed by atoms with Crippen LogP contribution >= 0.6 is 0 Å². The number of hydrogen-bond donors (Lipinski definition) is 1. The van der Waals surface area contributed by atoms with Crippen molar-refractivity contribution in [2.24, 2.45) is 5.73 Å². The molecule has 2 aliphatic heterocycles. The van der Waals surface area contributed by atoms with Crippen LogP contribution in [0, 0.1) is 0 Å². The Morgan fingerprint density at radius 1 is 1.40 bits per heavy atom. The van der Waals surface area contributed by atoms with Crippen LogP contribution in [0.25, 0.3) is 0 Å². The third-order valence-corrected chi connectivity index (χ3v) is 4.45. The molecule has 1 atom stereocenters. The quantitative estimate of drug-likeness (QED) is 0.852. The second-order valence-electron chi connectivity index (χ2n) is 5.74. The minimum Gasteiger partial charge on any atom is -0.369 e. The first-order valence-corrected chi connectivity index (χ1v) is 6.93. The molecule has 106 valence electrons. The summed E-state index contributed by atoms with van der Waals surface area (Å²) in [5.74, 6) is -0.206. The Kier molecular flexibility index (Phi) is 3.01. The maximum absolute atomic E-state index is 12.8. The predicted octanol–water partition coefficient (Wildman–Crippen LogP) is 0.482. The number of rotatable bonds is 2. The van der Waals surface area contributed by atoms with Crippen LogP contribution in [-0.2, 0) is 15.0 Å². The predicted molar refractivity (Wildman–Crippen MR) is 76.4 cm³/mol. The Morgan fingerprint density at radius 3 is 2.90 bits per heavy atom. The van der Waals surface area contributed by atoms with E-state index in [2.05, 4.69) is 0 Å². The zero-order valence-corrected chi connectivity index (χ0v) is 11.6. The van der Waals surface area contributed by atoms with Gasteiger partial charge < -0.3 is 10.6 Å². The van der Waals surface area contributed by atoms with Crippen LogP contribution in [0.2, 0.25) is 0 Å². The maximum atomic E-state index is 12.8. The number of hydrogen-bond acceptors (Lipinski definition) is 3. The largest absolute Gasteiger partial charge is 0.369 e. The molecule has 0 aromatic heterocycles. The number of para-hydroxylation sites is 1. The molecule has 20 heavy (non-hydrogen) atoms. The van der Waals surface area contributed by atoms with Gasteiger partial charge in [-0.05, 0) is 31.0 Å². The van der Waals surface area contributed by atoms with Crippen LogP contribution in [0.5, 0.6) is 0 Å². The van der Waals surface area contributed by atoms with Gasteiger partial charge in [0.25, 0.3) is 0 Å². The number of likely N-dealkylation sites (tertiary alicyclic amines) is 1. The first-order chi connectivity index (χ1) is 9.54. The van der Waals surface area contributed by atoms with Gasteiger partial charge in [-0.25, -0.2) is 0 Å². The van der Waals surface area contributed by atoms with Gasteiger partial charge in [0.1, 0.15) is 0 Å². The molecule has 2 N–H and O–H groups in total. The summed E-state index contributed by atoms with van der Waals surface area (Å²) in [5, 5.41) is 0. The molecule has 0 saturated carbocycles. The summed E-state index contributed by atoms with van der Waals surface area (Å²) in [6, 6.07) is 7.94. The van der Waals surface area contributed by atoms with Gasteiger partial charge in [0.05, 0.1) is 12.0 Å². The lowest BCUT2D eigenvalue weighted by molar-refractivity contribution is -0.127. The molecule has 0 bridgehead atoms. The molecule has 2 aliphatic rings. The number of amides is 2. The van der Waals surface area contributed by atoms with Gasteiger partial charge in [0, 0.05) is 19.3 Å². The van der Waals surface area contributed by atoms with Gasteiger partial charge in [-0.1, -0.05) is 18.2 Å². The van der Waals surface area contributed by atoms with Gasteiger partial charge in [0.15, 0.2) is 0 Å². The molecular weight excluding hydrogens is 254 g/mol. The molecule has 3 rings (SSSR count). The average molecular weight is 273 g/mol. The van der Waals surface area contributed by atoms with E-state index in [-0.39, 0.29) is 18.4 Å². The van der Waals surface area contributed by atoms with Gasteiger partial charge in [-0.2, -0.15) is 0 Å². The summed E-state index contributed by atoms with van der Waals surface area (Å²) >= 11 is 0. The van der Waals surface area contributed by atoms with Crippen molar-refractivity contribution in [2.75, 3.05) is 31.6 Å². The van der Waals surface area contributed by atoms with Crippen molar-refractivity contribution < 1.29 is 9.59 Å². The highest BCUT2D eigenvalue weighted by Crippen LogP contribution is 2.45. The summed E-state index contributed by atoms with van der Waals surface area (Å²) in [4.78, 5) is 27.6. The smallest absolute Gasteiger partial charge is 0.238 e. The lowest BCUT2D eigenvalue weighted by atomic mass is 9.75. The molecule has 1 aromatic carbocycles. The topological polar surface area (TPSA) is 66.6 Å². The van der Waals surface area contributed by atoms with Crippen LogP contribution in [0.4, 0.5) is 5.69 Å². The first-order valence-electron chi connectivity index (χ1n) is 6.93. The van der Waals surface area contributed by atoms with Crippen LogP contribution in [-0.4, -0.2) is 43.4 Å². The minimum atomic E-state index is -0.501. The Morgan fingerprint density at radius 2 is 2.15 bits per heavy atom. The maximum Gasteiger partial charge on any atom is 0.238 e. The van der Waals surface area contributed by atoms with Gasteiger partial charge in [0.2, 0.25) is 11.8 Å². The number of carbonyl (C=O) groups excluding carboxylic acids is 2. The number of nitrogens with zero attached hydrogens (tertiary/aromatic N) is 2. The monoisotopic (exact) mass is 273 g/mol. The Labute approximate surface area is 118 Å². The van der Waals surface area contributed by atoms with E-state index >= 15 is 0 Å². The Balaban J connectivity index is 1.99. The highest BCUT2D eigenvalue weighted by molar-refractivity contribution is 6.08. The molecule has 0 radical (unpaired) electrons. The van der Waals surface area contributed by atoms with Gasteiger partial charge in [-0.15, -0.1) is 0 Å². The summed E-state index contributed by atoms with van der Waals surface area (Å²) in [7, 11) is 1.82. The Hall–Kier alpha value is -1.88. The van der Waals surface area contributed by atoms with Gasteiger partial charge >= 0.3 is 0 Å². The van der Waals surface area contributed by atoms with Crippen molar-refractivity contribution in [3.8, 4) is 0 Å². The third kappa shape index (κ3) is 1.81. The first kappa shape index (κ1) is 13.1. The van der Waals surface area contributed by atoms with E-state index in [1.807, 2.05) is 36.2 Å². The number of fused-ring (bicyclic) bond motifs is 2. The van der Waals surface area contributed by atoms with Crippen molar-refractivity contribution in [3.05, 3.63) is 29.8 Å². The van der Waals surface area contributed by atoms with Crippen LogP contribution in [0.15, 0.2) is 24.3 Å². The number of anilines is 1. The SMILES string of the molecule is CN1C(=O)[C@]2(CCCN(CC(N)=O)C2)c2ccccc21. The molecule has 0 aliphatic carbocycles. The molecule has 2 amide bonds. The molecule has 1 spiro atoms. The van der Waals surface area contributed by atoms with Gasteiger partial charge in [-0.3, -0.25) is 14.5 Å². The second kappa shape index (κ2) is 4.59. The number of carbonyl (C=O) groups is 2. The molecule has 2 heterocycles. The van der Waals surface area contributed by atoms with Crippen molar-refractivity contribution in [3.63, 3.8) is 0 Å². The van der Waals surface area contributed by atoms with E-state index < -0.39 is 5.41 Å². The highest BCUT2D eigenvalue weighted by Gasteiger charge is 2.51. The van der Waals surface area contributed by atoms with E-state index in [9.17, 15) is 9.59 Å². The van der Waals surface area contributed by atoms with E-state index in [4.69, 9.17) is 5.73 Å². The Bertz CT molecular complexity index is 572. The molecule has 1 aromatic rings. The van der Waals surface area contributed by atoms with Crippen LogP contribution in [0.3, 0.4) is 0 Å². The number of primary amides is 1. The zero-order valence-electron chi connectivity index (χ0n) is 11.6. The molecule has 0 unspecified atom stereocenters. The molecular formula is C15H19N3O2. The lowest BCUT2D eigenvalue weighted by Gasteiger charge is -2.38. The molecule has 1 fully saturated rings.